The fourth-order valence-corrected chi connectivity index (χ4v) is 3.65. The molecule has 6 heteroatoms. The zero-order valence-corrected chi connectivity index (χ0v) is 14.3. The van der Waals surface area contributed by atoms with Gasteiger partial charge in [-0.25, -0.2) is 0 Å². The van der Waals surface area contributed by atoms with E-state index in [0.29, 0.717) is 24.4 Å². The molecule has 5 nitrogen and oxygen atoms in total. The molecule has 2 amide bonds. The van der Waals surface area contributed by atoms with Crippen LogP contribution in [0.5, 0.6) is 0 Å². The highest BCUT2D eigenvalue weighted by atomic mass is 32.1. The lowest BCUT2D eigenvalue weighted by molar-refractivity contribution is -0.126. The van der Waals surface area contributed by atoms with E-state index in [4.69, 9.17) is 0 Å². The number of rotatable bonds is 5. The Morgan fingerprint density at radius 1 is 1.25 bits per heavy atom. The molecule has 2 aromatic rings. The maximum absolute atomic E-state index is 12.6. The van der Waals surface area contributed by atoms with E-state index in [2.05, 4.69) is 10.3 Å². The van der Waals surface area contributed by atoms with Crippen LogP contribution in [0.15, 0.2) is 41.9 Å². The molecule has 3 heterocycles. The van der Waals surface area contributed by atoms with Crippen LogP contribution in [0.4, 0.5) is 0 Å². The summed E-state index contributed by atoms with van der Waals surface area (Å²) in [5.41, 5.74) is 0.952. The largest absolute Gasteiger partial charge is 0.354 e. The van der Waals surface area contributed by atoms with E-state index in [9.17, 15) is 9.59 Å². The summed E-state index contributed by atoms with van der Waals surface area (Å²) in [6, 6.07) is 9.07. The van der Waals surface area contributed by atoms with Crippen molar-refractivity contribution in [2.24, 2.45) is 0 Å². The minimum Gasteiger partial charge on any atom is -0.354 e. The predicted octanol–water partition coefficient (Wildman–Crippen LogP) is 2.50. The zero-order chi connectivity index (χ0) is 16.8. The minimum absolute atomic E-state index is 0.0328. The van der Waals surface area contributed by atoms with E-state index in [0.717, 1.165) is 25.0 Å². The normalized spacial score (nSPS) is 17.5. The van der Waals surface area contributed by atoms with Crippen molar-refractivity contribution in [3.63, 3.8) is 0 Å². The van der Waals surface area contributed by atoms with Crippen molar-refractivity contribution in [1.82, 2.24) is 15.2 Å². The van der Waals surface area contributed by atoms with Gasteiger partial charge in [-0.15, -0.1) is 11.3 Å². The van der Waals surface area contributed by atoms with Crippen LogP contribution in [-0.4, -0.2) is 40.8 Å². The Kier molecular flexibility index (Phi) is 5.59. The Hall–Kier alpha value is -2.21. The molecule has 1 fully saturated rings. The van der Waals surface area contributed by atoms with Crippen LogP contribution < -0.4 is 5.32 Å². The van der Waals surface area contributed by atoms with Crippen molar-refractivity contribution in [3.8, 4) is 0 Å². The van der Waals surface area contributed by atoms with E-state index < -0.39 is 0 Å². The van der Waals surface area contributed by atoms with Gasteiger partial charge < -0.3 is 10.2 Å². The molecule has 0 aromatic carbocycles. The van der Waals surface area contributed by atoms with Gasteiger partial charge in [-0.05, 0) is 42.8 Å². The second kappa shape index (κ2) is 8.06. The van der Waals surface area contributed by atoms with Crippen molar-refractivity contribution in [2.45, 2.75) is 31.7 Å². The van der Waals surface area contributed by atoms with Gasteiger partial charge in [-0.3, -0.25) is 14.6 Å². The Labute approximate surface area is 145 Å². The predicted molar refractivity (Wildman–Crippen MR) is 93.9 cm³/mol. The van der Waals surface area contributed by atoms with Crippen LogP contribution in [0.1, 0.15) is 34.6 Å². The van der Waals surface area contributed by atoms with Gasteiger partial charge >= 0.3 is 0 Å². The third-order valence-electron chi connectivity index (χ3n) is 4.20. The quantitative estimate of drug-likeness (QED) is 0.907. The van der Waals surface area contributed by atoms with Gasteiger partial charge in [0.05, 0.1) is 4.88 Å². The Morgan fingerprint density at radius 3 is 2.92 bits per heavy atom. The number of carbonyl (C=O) groups is 2. The Morgan fingerprint density at radius 2 is 2.17 bits per heavy atom. The number of amides is 2. The molecule has 0 saturated carbocycles. The molecule has 3 rings (SSSR count). The minimum atomic E-state index is -0.364. The number of pyridine rings is 1. The summed E-state index contributed by atoms with van der Waals surface area (Å²) in [5.74, 6) is -0.0925. The number of thiophene rings is 1. The molecule has 24 heavy (non-hydrogen) atoms. The summed E-state index contributed by atoms with van der Waals surface area (Å²) in [7, 11) is 0. The highest BCUT2D eigenvalue weighted by Crippen LogP contribution is 2.21. The first-order valence-electron chi connectivity index (χ1n) is 8.28. The summed E-state index contributed by atoms with van der Waals surface area (Å²) in [6.45, 7) is 1.18. The Bertz CT molecular complexity index is 673. The number of nitrogens with zero attached hydrogens (tertiary/aromatic N) is 2. The first-order chi connectivity index (χ1) is 11.8. The number of aromatic nitrogens is 1. The second-order valence-electron chi connectivity index (χ2n) is 5.85. The van der Waals surface area contributed by atoms with Crippen LogP contribution in [0, 0.1) is 0 Å². The molecule has 0 bridgehead atoms. The van der Waals surface area contributed by atoms with E-state index in [1.165, 1.54) is 11.3 Å². The highest BCUT2D eigenvalue weighted by molar-refractivity contribution is 7.12. The molecular weight excluding hydrogens is 322 g/mol. The monoisotopic (exact) mass is 343 g/mol. The van der Waals surface area contributed by atoms with Crippen LogP contribution in [0.2, 0.25) is 0 Å². The van der Waals surface area contributed by atoms with Crippen LogP contribution in [0.25, 0.3) is 0 Å². The van der Waals surface area contributed by atoms with Gasteiger partial charge in [0.15, 0.2) is 0 Å². The molecule has 0 aliphatic carbocycles. The highest BCUT2D eigenvalue weighted by Gasteiger charge is 2.32. The molecular formula is C18H21N3O2S. The number of nitrogens with one attached hydrogen (secondary N) is 1. The standard InChI is InChI=1S/C18H21N3O2S/c22-17(20-11-9-14-6-1-3-10-19-14)15-7-2-4-12-21(15)18(23)16-8-5-13-24-16/h1,3,5-6,8,10,13,15H,2,4,7,9,11-12H2,(H,20,22). The lowest BCUT2D eigenvalue weighted by Crippen LogP contribution is -2.52. The number of carbonyl (C=O) groups excluding carboxylic acids is 2. The summed E-state index contributed by atoms with van der Waals surface area (Å²) in [4.78, 5) is 31.8. The maximum Gasteiger partial charge on any atom is 0.264 e. The van der Waals surface area contributed by atoms with Gasteiger partial charge in [-0.1, -0.05) is 12.1 Å². The lowest BCUT2D eigenvalue weighted by Gasteiger charge is -2.34. The topological polar surface area (TPSA) is 62.3 Å². The van der Waals surface area contributed by atoms with Gasteiger partial charge in [-0.2, -0.15) is 0 Å². The Balaban J connectivity index is 1.58. The number of hydrogen-bond donors (Lipinski definition) is 1. The number of hydrogen-bond acceptors (Lipinski definition) is 4. The van der Waals surface area contributed by atoms with Gasteiger partial charge in [0.1, 0.15) is 6.04 Å². The fraction of sp³-hybridized carbons (Fsp3) is 0.389. The molecule has 0 radical (unpaired) electrons. The van der Waals surface area contributed by atoms with E-state index in [1.54, 1.807) is 11.1 Å². The molecule has 2 aromatic heterocycles. The molecule has 0 spiro atoms. The molecule has 1 N–H and O–H groups in total. The molecule has 1 atom stereocenters. The first-order valence-corrected chi connectivity index (χ1v) is 9.16. The molecule has 1 aliphatic rings. The van der Waals surface area contributed by atoms with Crippen molar-refractivity contribution in [2.75, 3.05) is 13.1 Å². The van der Waals surface area contributed by atoms with Crippen molar-refractivity contribution >= 4 is 23.2 Å². The first kappa shape index (κ1) is 16.6. The third kappa shape index (κ3) is 4.00. The van der Waals surface area contributed by atoms with Gasteiger partial charge in [0, 0.05) is 31.4 Å². The van der Waals surface area contributed by atoms with Gasteiger partial charge in [0.2, 0.25) is 5.91 Å². The van der Waals surface area contributed by atoms with Crippen LogP contribution in [-0.2, 0) is 11.2 Å². The van der Waals surface area contributed by atoms with Crippen molar-refractivity contribution in [1.29, 1.82) is 0 Å². The van der Waals surface area contributed by atoms with Crippen molar-refractivity contribution in [3.05, 3.63) is 52.5 Å². The average Bonchev–Trinajstić information content (AvgIpc) is 3.16. The average molecular weight is 343 g/mol. The summed E-state index contributed by atoms with van der Waals surface area (Å²) >= 11 is 1.42. The smallest absolute Gasteiger partial charge is 0.264 e. The van der Waals surface area contributed by atoms with E-state index in [1.807, 2.05) is 35.7 Å². The van der Waals surface area contributed by atoms with E-state index in [-0.39, 0.29) is 17.9 Å². The van der Waals surface area contributed by atoms with Crippen molar-refractivity contribution < 1.29 is 9.59 Å². The number of likely N-dealkylation sites (tertiary alicyclic amines) is 1. The van der Waals surface area contributed by atoms with Crippen LogP contribution in [0.3, 0.4) is 0 Å². The SMILES string of the molecule is O=C(NCCc1ccccn1)C1CCCCN1C(=O)c1cccs1. The summed E-state index contributed by atoms with van der Waals surface area (Å²) in [5, 5.41) is 4.85. The fourth-order valence-electron chi connectivity index (χ4n) is 2.97. The lowest BCUT2D eigenvalue weighted by atomic mass is 10.0. The molecule has 126 valence electrons. The zero-order valence-electron chi connectivity index (χ0n) is 13.5. The maximum atomic E-state index is 12.6. The third-order valence-corrected chi connectivity index (χ3v) is 5.06. The van der Waals surface area contributed by atoms with Crippen LogP contribution >= 0.6 is 11.3 Å². The molecule has 1 saturated heterocycles. The van der Waals surface area contributed by atoms with Gasteiger partial charge in [0.25, 0.3) is 5.91 Å². The van der Waals surface area contributed by atoms with E-state index >= 15 is 0 Å². The molecule has 1 aliphatic heterocycles. The molecule has 1 unspecified atom stereocenters. The second-order valence-corrected chi connectivity index (χ2v) is 6.80. The summed E-state index contributed by atoms with van der Waals surface area (Å²) in [6.07, 6.45) is 5.10. The summed E-state index contributed by atoms with van der Waals surface area (Å²) < 4.78 is 0. The number of piperidine rings is 1.